The van der Waals surface area contributed by atoms with Crippen LogP contribution in [0, 0.1) is 6.92 Å². The fourth-order valence-corrected chi connectivity index (χ4v) is 4.26. The van der Waals surface area contributed by atoms with Gasteiger partial charge in [-0.2, -0.15) is 0 Å². The van der Waals surface area contributed by atoms with Crippen molar-refractivity contribution >= 4 is 23.4 Å². The molecule has 0 bridgehead atoms. The summed E-state index contributed by atoms with van der Waals surface area (Å²) in [6.07, 6.45) is 0. The van der Waals surface area contributed by atoms with Crippen LogP contribution >= 0.6 is 11.8 Å². The number of rotatable bonds is 5. The minimum atomic E-state index is -0.453. The Kier molecular flexibility index (Phi) is 5.30. The number of hydrogen-bond acceptors (Lipinski definition) is 7. The van der Waals surface area contributed by atoms with Crippen LogP contribution < -0.4 is 20.2 Å². The summed E-state index contributed by atoms with van der Waals surface area (Å²) in [5.74, 6) is 2.04. The Morgan fingerprint density at radius 3 is 2.59 bits per heavy atom. The summed E-state index contributed by atoms with van der Waals surface area (Å²) >= 11 is 1.38. The van der Waals surface area contributed by atoms with E-state index in [0.29, 0.717) is 16.6 Å². The minimum Gasteiger partial charge on any atom is -0.497 e. The Hall–Kier alpha value is -3.20. The Labute approximate surface area is 172 Å². The number of aromatic nitrogens is 3. The summed E-state index contributed by atoms with van der Waals surface area (Å²) in [6, 6.07) is 14.7. The van der Waals surface area contributed by atoms with Gasteiger partial charge in [-0.25, -0.2) is 4.68 Å². The second-order valence-corrected chi connectivity index (χ2v) is 7.61. The summed E-state index contributed by atoms with van der Waals surface area (Å²) in [4.78, 5) is 13.2. The van der Waals surface area contributed by atoms with Crippen molar-refractivity contribution in [2.45, 2.75) is 23.4 Å². The van der Waals surface area contributed by atoms with Crippen LogP contribution in [0.5, 0.6) is 11.5 Å². The fraction of sp³-hybridized carbons (Fsp3) is 0.250. The number of ether oxygens (including phenoxy) is 2. The zero-order valence-corrected chi connectivity index (χ0v) is 17.1. The molecule has 0 aliphatic carbocycles. The number of fused-ring (bicyclic) bond motifs is 1. The zero-order valence-electron chi connectivity index (χ0n) is 16.2. The van der Waals surface area contributed by atoms with E-state index >= 15 is 0 Å². The molecule has 1 aliphatic heterocycles. The largest absolute Gasteiger partial charge is 0.497 e. The van der Waals surface area contributed by atoms with Gasteiger partial charge in [0, 0.05) is 11.8 Å². The third-order valence-electron chi connectivity index (χ3n) is 4.67. The average molecular weight is 411 g/mol. The van der Waals surface area contributed by atoms with Crippen molar-refractivity contribution in [3.05, 3.63) is 59.9 Å². The van der Waals surface area contributed by atoms with Crippen molar-refractivity contribution < 1.29 is 14.3 Å². The molecule has 2 aromatic carbocycles. The van der Waals surface area contributed by atoms with Crippen LogP contribution in [0.25, 0.3) is 0 Å². The molecule has 0 spiro atoms. The molecule has 1 aliphatic rings. The Bertz CT molecular complexity index is 1020. The van der Waals surface area contributed by atoms with E-state index in [1.165, 1.54) is 11.8 Å². The van der Waals surface area contributed by atoms with Crippen molar-refractivity contribution in [3.63, 3.8) is 0 Å². The second-order valence-electron chi connectivity index (χ2n) is 6.50. The number of aryl methyl sites for hydroxylation is 1. The van der Waals surface area contributed by atoms with Gasteiger partial charge in [-0.05, 0) is 36.8 Å². The van der Waals surface area contributed by atoms with Gasteiger partial charge in [-0.1, -0.05) is 30.0 Å². The third kappa shape index (κ3) is 3.86. The second kappa shape index (κ2) is 8.04. The molecule has 0 radical (unpaired) electrons. The van der Waals surface area contributed by atoms with Crippen molar-refractivity contribution in [3.8, 4) is 11.5 Å². The van der Waals surface area contributed by atoms with Gasteiger partial charge in [-0.15, -0.1) is 10.2 Å². The normalized spacial score (nSPS) is 17.8. The highest BCUT2D eigenvalue weighted by atomic mass is 32.2. The number of nitrogens with one attached hydrogen (secondary N) is 2. The topological polar surface area (TPSA) is 90.3 Å². The van der Waals surface area contributed by atoms with Gasteiger partial charge in [0.25, 0.3) is 0 Å². The summed E-state index contributed by atoms with van der Waals surface area (Å²) in [6.45, 7) is 1.87. The first-order chi connectivity index (χ1) is 14.1. The van der Waals surface area contributed by atoms with Crippen LogP contribution in [0.4, 0.5) is 5.69 Å². The van der Waals surface area contributed by atoms with Gasteiger partial charge < -0.3 is 20.2 Å². The Balaban J connectivity index is 1.64. The lowest BCUT2D eigenvalue weighted by molar-refractivity contribution is -0.116. The van der Waals surface area contributed by atoms with Crippen molar-refractivity contribution in [1.82, 2.24) is 14.9 Å². The van der Waals surface area contributed by atoms with Crippen molar-refractivity contribution in [1.29, 1.82) is 0 Å². The predicted molar refractivity (Wildman–Crippen MR) is 111 cm³/mol. The van der Waals surface area contributed by atoms with Crippen LogP contribution in [-0.2, 0) is 4.79 Å². The van der Waals surface area contributed by atoms with E-state index in [2.05, 4.69) is 20.9 Å². The maximum Gasteiger partial charge on any atom is 0.240 e. The van der Waals surface area contributed by atoms with Crippen LogP contribution in [0.3, 0.4) is 0 Å². The minimum absolute atomic E-state index is 0.136. The molecule has 1 amide bonds. The number of benzene rings is 2. The molecule has 4 rings (SSSR count). The van der Waals surface area contributed by atoms with E-state index in [4.69, 9.17) is 9.47 Å². The van der Waals surface area contributed by atoms with Crippen LogP contribution in [0.2, 0.25) is 0 Å². The number of thioether (sulfide) groups is 1. The van der Waals surface area contributed by atoms with Crippen molar-refractivity contribution in [2.75, 3.05) is 25.0 Å². The molecular weight excluding hydrogens is 390 g/mol. The van der Waals surface area contributed by atoms with Gasteiger partial charge in [0.15, 0.2) is 0 Å². The highest BCUT2D eigenvalue weighted by molar-refractivity contribution is 8.00. The van der Waals surface area contributed by atoms with Crippen LogP contribution in [0.15, 0.2) is 53.7 Å². The van der Waals surface area contributed by atoms with Gasteiger partial charge in [0.2, 0.25) is 11.1 Å². The number of anilines is 1. The highest BCUT2D eigenvalue weighted by Crippen LogP contribution is 2.38. The molecule has 1 aromatic heterocycles. The zero-order chi connectivity index (χ0) is 20.4. The lowest BCUT2D eigenvalue weighted by atomic mass is 10.0. The molecule has 29 heavy (non-hydrogen) atoms. The molecule has 2 N–H and O–H groups in total. The number of carbonyl (C=O) groups is 1. The maximum atomic E-state index is 13.2. The number of methoxy groups -OCH3 is 2. The smallest absolute Gasteiger partial charge is 0.240 e. The number of nitrogens with zero attached hydrogens (tertiary/aromatic N) is 3. The fourth-order valence-electron chi connectivity index (χ4n) is 3.14. The quantitative estimate of drug-likeness (QED) is 0.667. The summed E-state index contributed by atoms with van der Waals surface area (Å²) in [7, 11) is 3.22. The first kappa shape index (κ1) is 19.1. The molecule has 3 aromatic rings. The van der Waals surface area contributed by atoms with Gasteiger partial charge in [0.1, 0.15) is 22.6 Å². The van der Waals surface area contributed by atoms with E-state index in [1.807, 2.05) is 54.1 Å². The average Bonchev–Trinajstić information content (AvgIpc) is 3.13. The molecule has 8 nitrogen and oxygen atoms in total. The van der Waals surface area contributed by atoms with E-state index in [0.717, 1.165) is 17.1 Å². The maximum absolute atomic E-state index is 13.2. The van der Waals surface area contributed by atoms with E-state index in [1.54, 1.807) is 20.3 Å². The number of amides is 1. The highest BCUT2D eigenvalue weighted by Gasteiger charge is 2.37. The van der Waals surface area contributed by atoms with Gasteiger partial charge in [0.05, 0.1) is 20.3 Å². The van der Waals surface area contributed by atoms with Crippen molar-refractivity contribution in [2.24, 2.45) is 0 Å². The SMILES string of the molecule is COc1ccc(C2Nn3c(C)nnc3SC2C(=O)Nc2cccc(OC)c2)cc1. The van der Waals surface area contributed by atoms with Crippen LogP contribution in [0.1, 0.15) is 17.4 Å². The Morgan fingerprint density at radius 1 is 1.10 bits per heavy atom. The molecular formula is C20H21N5O3S. The number of hydrogen-bond donors (Lipinski definition) is 2. The third-order valence-corrected chi connectivity index (χ3v) is 5.88. The predicted octanol–water partition coefficient (Wildman–Crippen LogP) is 3.00. The van der Waals surface area contributed by atoms with E-state index in [9.17, 15) is 4.79 Å². The molecule has 9 heteroatoms. The molecule has 150 valence electrons. The molecule has 0 fully saturated rings. The standard InChI is InChI=1S/C20H21N5O3S/c1-12-22-23-20-25(12)24-17(13-7-9-15(27-2)10-8-13)18(29-20)19(26)21-14-5-4-6-16(11-14)28-3/h4-11,17-18,24H,1-3H3,(H,21,26). The first-order valence-corrected chi connectivity index (χ1v) is 9.91. The van der Waals surface area contributed by atoms with E-state index < -0.39 is 5.25 Å². The van der Waals surface area contributed by atoms with E-state index in [-0.39, 0.29) is 11.9 Å². The molecule has 2 atom stereocenters. The van der Waals surface area contributed by atoms with Gasteiger partial charge >= 0.3 is 0 Å². The first-order valence-electron chi connectivity index (χ1n) is 9.03. The molecule has 2 unspecified atom stereocenters. The summed E-state index contributed by atoms with van der Waals surface area (Å²) in [5, 5.41) is 11.5. The molecule has 2 heterocycles. The summed E-state index contributed by atoms with van der Waals surface area (Å²) < 4.78 is 12.3. The molecule has 0 saturated heterocycles. The monoisotopic (exact) mass is 411 g/mol. The van der Waals surface area contributed by atoms with Crippen LogP contribution in [-0.4, -0.2) is 40.3 Å². The van der Waals surface area contributed by atoms with Gasteiger partial charge in [-0.3, -0.25) is 4.79 Å². The molecule has 0 saturated carbocycles. The summed E-state index contributed by atoms with van der Waals surface area (Å²) in [5.41, 5.74) is 5.02. The lowest BCUT2D eigenvalue weighted by Gasteiger charge is -2.32. The lowest BCUT2D eigenvalue weighted by Crippen LogP contribution is -2.41. The Morgan fingerprint density at radius 2 is 1.86 bits per heavy atom. The number of carbonyl (C=O) groups excluding carboxylic acids is 1.